The predicted molar refractivity (Wildman–Crippen MR) is 148 cm³/mol. The summed E-state index contributed by atoms with van der Waals surface area (Å²) in [6.07, 6.45) is -0.302. The molecule has 0 spiro atoms. The average Bonchev–Trinajstić information content (AvgIpc) is 3.38. The summed E-state index contributed by atoms with van der Waals surface area (Å²) >= 11 is 0. The first kappa shape index (κ1) is 27.2. The molecule has 206 valence electrons. The molecule has 7 heteroatoms. The number of fused-ring (bicyclic) bond motifs is 1. The summed E-state index contributed by atoms with van der Waals surface area (Å²) in [5.74, 6) is 2.29. The molecule has 4 atom stereocenters. The van der Waals surface area contributed by atoms with Crippen LogP contribution in [-0.4, -0.2) is 55.9 Å². The van der Waals surface area contributed by atoms with E-state index in [0.717, 1.165) is 48.6 Å². The molecule has 6 nitrogen and oxygen atoms in total. The van der Waals surface area contributed by atoms with Gasteiger partial charge in [-0.25, -0.2) is 9.18 Å². The molecular weight excluding hydrogens is 495 g/mol. The summed E-state index contributed by atoms with van der Waals surface area (Å²) in [7, 11) is 0. The number of aryl methyl sites for hydroxylation is 1. The van der Waals surface area contributed by atoms with Crippen LogP contribution in [0.5, 0.6) is 11.5 Å². The van der Waals surface area contributed by atoms with E-state index < -0.39 is 6.10 Å². The molecule has 2 fully saturated rings. The Morgan fingerprint density at radius 3 is 2.41 bits per heavy atom. The summed E-state index contributed by atoms with van der Waals surface area (Å²) in [5.41, 5.74) is 3.21. The molecule has 1 saturated heterocycles. The second kappa shape index (κ2) is 12.6. The summed E-state index contributed by atoms with van der Waals surface area (Å²) < 4.78 is 30.3. The molecule has 1 unspecified atom stereocenters. The molecule has 5 rings (SSSR count). The van der Waals surface area contributed by atoms with Gasteiger partial charge in [0, 0.05) is 38.6 Å². The van der Waals surface area contributed by atoms with Gasteiger partial charge < -0.3 is 19.5 Å². The lowest BCUT2D eigenvalue weighted by molar-refractivity contribution is -0.151. The monoisotopic (exact) mass is 532 g/mol. The maximum Gasteiger partial charge on any atom is 0.347 e. The first-order valence-electron chi connectivity index (χ1n) is 13.8. The molecule has 39 heavy (non-hydrogen) atoms. The van der Waals surface area contributed by atoms with Crippen LogP contribution < -0.4 is 14.8 Å². The Bertz CT molecular complexity index is 1220. The number of esters is 1. The molecule has 3 aromatic rings. The third-order valence-corrected chi connectivity index (χ3v) is 7.50. The summed E-state index contributed by atoms with van der Waals surface area (Å²) in [6.45, 7) is 8.54. The minimum absolute atomic E-state index is 0.184. The van der Waals surface area contributed by atoms with E-state index in [1.165, 1.54) is 12.1 Å². The Kier molecular flexibility index (Phi) is 8.79. The van der Waals surface area contributed by atoms with Gasteiger partial charge in [-0.2, -0.15) is 0 Å². The lowest BCUT2D eigenvalue weighted by Crippen LogP contribution is -2.33. The molecule has 1 N–H and O–H groups in total. The van der Waals surface area contributed by atoms with E-state index in [1.807, 2.05) is 67.6 Å². The number of hydrogen-bond donors (Lipinski definition) is 1. The van der Waals surface area contributed by atoms with Crippen molar-refractivity contribution in [3.63, 3.8) is 0 Å². The number of likely N-dealkylation sites (tertiary alicyclic amines) is 1. The SMILES string of the molecule is CCOC(=O)[C@H](Cc1ccc(OCCN[C@H]2C3CN(Cc4ccc(F)cc4)C[C@@H]32)cc1)Oc1cccc(C)c1. The normalized spacial score (nSPS) is 20.7. The maximum atomic E-state index is 13.1. The van der Waals surface area contributed by atoms with Crippen LogP contribution in [0.2, 0.25) is 0 Å². The highest BCUT2D eigenvalue weighted by Crippen LogP contribution is 2.45. The van der Waals surface area contributed by atoms with Crippen molar-refractivity contribution < 1.29 is 23.4 Å². The largest absolute Gasteiger partial charge is 0.492 e. The fourth-order valence-electron chi connectivity index (χ4n) is 5.49. The standard InChI is InChI=1S/C32H37FN2O4/c1-3-37-32(36)30(39-27-6-4-5-22(2)17-27)18-23-9-13-26(14-10-23)38-16-15-34-31-28-20-35(21-29(28)31)19-24-7-11-25(33)12-8-24/h4-14,17,28-31,34H,3,15-16,18-21H2,1-2H3/t28-,29?,30-,31+/m0/s1. The topological polar surface area (TPSA) is 60.0 Å². The van der Waals surface area contributed by atoms with Gasteiger partial charge in [-0.3, -0.25) is 4.90 Å². The summed E-state index contributed by atoms with van der Waals surface area (Å²) in [4.78, 5) is 15.0. The van der Waals surface area contributed by atoms with Crippen LogP contribution in [0.25, 0.3) is 0 Å². The van der Waals surface area contributed by atoms with E-state index in [0.29, 0.717) is 43.3 Å². The zero-order chi connectivity index (χ0) is 27.2. The maximum absolute atomic E-state index is 13.1. The van der Waals surface area contributed by atoms with Crippen LogP contribution in [0, 0.1) is 24.6 Å². The van der Waals surface area contributed by atoms with Crippen LogP contribution in [0.15, 0.2) is 72.8 Å². The second-order valence-electron chi connectivity index (χ2n) is 10.5. The van der Waals surface area contributed by atoms with Gasteiger partial charge in [0.25, 0.3) is 0 Å². The number of nitrogens with one attached hydrogen (secondary N) is 1. The number of nitrogens with zero attached hydrogens (tertiary/aromatic N) is 1. The quantitative estimate of drug-likeness (QED) is 0.253. The van der Waals surface area contributed by atoms with Crippen LogP contribution in [0.4, 0.5) is 4.39 Å². The van der Waals surface area contributed by atoms with Crippen molar-refractivity contribution in [3.8, 4) is 11.5 Å². The fourth-order valence-corrected chi connectivity index (χ4v) is 5.49. The molecule has 1 saturated carbocycles. The zero-order valence-corrected chi connectivity index (χ0v) is 22.6. The van der Waals surface area contributed by atoms with Gasteiger partial charge in [0.05, 0.1) is 6.61 Å². The number of rotatable bonds is 13. The van der Waals surface area contributed by atoms with Crippen molar-refractivity contribution >= 4 is 5.97 Å². The van der Waals surface area contributed by atoms with Gasteiger partial charge in [-0.15, -0.1) is 0 Å². The van der Waals surface area contributed by atoms with E-state index in [-0.39, 0.29) is 11.8 Å². The molecule has 3 aromatic carbocycles. The Morgan fingerprint density at radius 1 is 1.00 bits per heavy atom. The van der Waals surface area contributed by atoms with Gasteiger partial charge in [0.2, 0.25) is 0 Å². The predicted octanol–water partition coefficient (Wildman–Crippen LogP) is 4.79. The van der Waals surface area contributed by atoms with E-state index in [2.05, 4.69) is 10.2 Å². The Hall–Kier alpha value is -3.42. The highest BCUT2D eigenvalue weighted by atomic mass is 19.1. The number of piperidine rings is 1. The van der Waals surface area contributed by atoms with E-state index >= 15 is 0 Å². The van der Waals surface area contributed by atoms with Crippen molar-refractivity contribution in [2.45, 2.75) is 39.0 Å². The van der Waals surface area contributed by atoms with Gasteiger partial charge in [0.15, 0.2) is 6.10 Å². The third-order valence-electron chi connectivity index (χ3n) is 7.50. The van der Waals surface area contributed by atoms with Gasteiger partial charge in [-0.05, 0) is 78.8 Å². The number of ether oxygens (including phenoxy) is 3. The lowest BCUT2D eigenvalue weighted by Gasteiger charge is -2.20. The van der Waals surface area contributed by atoms with Crippen molar-refractivity contribution in [2.24, 2.45) is 11.8 Å². The van der Waals surface area contributed by atoms with Crippen molar-refractivity contribution in [2.75, 3.05) is 32.8 Å². The number of halogens is 1. The average molecular weight is 533 g/mol. The van der Waals surface area contributed by atoms with E-state index in [1.54, 1.807) is 6.92 Å². The minimum atomic E-state index is -0.715. The summed E-state index contributed by atoms with van der Waals surface area (Å²) in [6, 6.07) is 22.8. The zero-order valence-electron chi connectivity index (χ0n) is 22.6. The molecule has 1 aliphatic heterocycles. The minimum Gasteiger partial charge on any atom is -0.492 e. The van der Waals surface area contributed by atoms with Crippen LogP contribution in [0.3, 0.4) is 0 Å². The fraction of sp³-hybridized carbons (Fsp3) is 0.406. The molecule has 0 amide bonds. The van der Waals surface area contributed by atoms with Gasteiger partial charge >= 0.3 is 5.97 Å². The van der Waals surface area contributed by atoms with Gasteiger partial charge in [-0.1, -0.05) is 36.4 Å². The molecule has 0 bridgehead atoms. The Balaban J connectivity index is 1.02. The van der Waals surface area contributed by atoms with E-state index in [4.69, 9.17) is 14.2 Å². The van der Waals surface area contributed by atoms with Crippen molar-refractivity contribution in [1.82, 2.24) is 10.2 Å². The lowest BCUT2D eigenvalue weighted by atomic mass is 10.1. The van der Waals surface area contributed by atoms with E-state index in [9.17, 15) is 9.18 Å². The first-order valence-corrected chi connectivity index (χ1v) is 13.8. The second-order valence-corrected chi connectivity index (χ2v) is 10.5. The van der Waals surface area contributed by atoms with Crippen molar-refractivity contribution in [3.05, 3.63) is 95.3 Å². The smallest absolute Gasteiger partial charge is 0.347 e. The van der Waals surface area contributed by atoms with Crippen LogP contribution in [-0.2, 0) is 22.5 Å². The van der Waals surface area contributed by atoms with Crippen molar-refractivity contribution in [1.29, 1.82) is 0 Å². The first-order chi connectivity index (χ1) is 19.0. The highest BCUT2D eigenvalue weighted by molar-refractivity contribution is 5.75. The molecule has 1 heterocycles. The number of carbonyl (C=O) groups is 1. The Morgan fingerprint density at radius 2 is 1.72 bits per heavy atom. The molecule has 1 aliphatic carbocycles. The van der Waals surface area contributed by atoms with Crippen LogP contribution in [0.1, 0.15) is 23.6 Å². The highest BCUT2D eigenvalue weighted by Gasteiger charge is 2.55. The van der Waals surface area contributed by atoms with Crippen LogP contribution >= 0.6 is 0 Å². The van der Waals surface area contributed by atoms with Gasteiger partial charge in [0.1, 0.15) is 23.9 Å². The summed E-state index contributed by atoms with van der Waals surface area (Å²) in [5, 5.41) is 3.64. The number of benzene rings is 3. The molecular formula is C32H37FN2O4. The number of carbonyl (C=O) groups excluding carboxylic acids is 1. The number of hydrogen-bond acceptors (Lipinski definition) is 6. The third kappa shape index (κ3) is 7.37. The molecule has 2 aliphatic rings. The molecule has 0 aromatic heterocycles. The molecule has 0 radical (unpaired) electrons. The Labute approximate surface area is 230 Å².